The molecular weight excluding hydrogens is 248 g/mol. The summed E-state index contributed by atoms with van der Waals surface area (Å²) in [5.74, 6) is 0.840. The topological polar surface area (TPSA) is 39.9 Å². The highest BCUT2D eigenvalue weighted by Crippen LogP contribution is 2.15. The van der Waals surface area contributed by atoms with E-state index in [-0.39, 0.29) is 0 Å². The van der Waals surface area contributed by atoms with Crippen LogP contribution < -0.4 is 4.57 Å². The Morgan fingerprint density at radius 2 is 1.80 bits per heavy atom. The fourth-order valence-corrected chi connectivity index (χ4v) is 2.53. The number of rotatable bonds is 3. The number of hydrogen-bond donors (Lipinski definition) is 2. The molecule has 20 heavy (non-hydrogen) atoms. The summed E-state index contributed by atoms with van der Waals surface area (Å²) >= 11 is 0. The standard InChI is InChI=1S/C17H18N2O/c1-12-7-9-14(10-8-12)11-19-16-6-4-3-5-15(16)18-17(19)13(2)20/h3-10,13,20H,11H2,1-2H3/p+1. The number of para-hydroxylation sites is 2. The van der Waals surface area contributed by atoms with Crippen molar-refractivity contribution in [3.63, 3.8) is 0 Å². The maximum absolute atomic E-state index is 9.98. The Kier molecular flexibility index (Phi) is 3.28. The highest BCUT2D eigenvalue weighted by Gasteiger charge is 2.22. The van der Waals surface area contributed by atoms with Crippen LogP contribution in [0.3, 0.4) is 0 Å². The lowest BCUT2D eigenvalue weighted by atomic mass is 10.1. The second-order valence-electron chi connectivity index (χ2n) is 5.28. The fraction of sp³-hybridized carbons (Fsp3) is 0.235. The van der Waals surface area contributed by atoms with Crippen molar-refractivity contribution in [2.45, 2.75) is 26.5 Å². The average molecular weight is 267 g/mol. The Hall–Kier alpha value is -2.13. The molecule has 0 aliphatic heterocycles. The van der Waals surface area contributed by atoms with E-state index in [1.54, 1.807) is 6.92 Å². The van der Waals surface area contributed by atoms with Gasteiger partial charge in [-0.2, -0.15) is 0 Å². The van der Waals surface area contributed by atoms with E-state index >= 15 is 0 Å². The van der Waals surface area contributed by atoms with Crippen LogP contribution in [0.25, 0.3) is 11.0 Å². The van der Waals surface area contributed by atoms with Crippen molar-refractivity contribution < 1.29 is 9.67 Å². The van der Waals surface area contributed by atoms with E-state index in [1.165, 1.54) is 11.1 Å². The number of hydrogen-bond acceptors (Lipinski definition) is 1. The molecule has 3 heteroatoms. The van der Waals surface area contributed by atoms with E-state index < -0.39 is 6.10 Å². The zero-order valence-corrected chi connectivity index (χ0v) is 11.8. The van der Waals surface area contributed by atoms with Gasteiger partial charge in [-0.05, 0) is 31.5 Å². The lowest BCUT2D eigenvalue weighted by Crippen LogP contribution is -2.38. The van der Waals surface area contributed by atoms with Crippen molar-refractivity contribution in [1.82, 2.24) is 4.98 Å². The number of benzene rings is 2. The van der Waals surface area contributed by atoms with Gasteiger partial charge >= 0.3 is 0 Å². The predicted octanol–water partition coefficient (Wildman–Crippen LogP) is 2.87. The monoisotopic (exact) mass is 267 g/mol. The number of imidazole rings is 1. The summed E-state index contributed by atoms with van der Waals surface area (Å²) in [6.07, 6.45) is -0.521. The van der Waals surface area contributed by atoms with Crippen LogP contribution in [-0.4, -0.2) is 10.1 Å². The van der Waals surface area contributed by atoms with E-state index in [2.05, 4.69) is 46.8 Å². The number of aryl methyl sites for hydroxylation is 1. The van der Waals surface area contributed by atoms with E-state index in [9.17, 15) is 5.11 Å². The Bertz CT molecular complexity index is 726. The van der Waals surface area contributed by atoms with Crippen LogP contribution in [0.1, 0.15) is 30.0 Å². The third-order valence-corrected chi connectivity index (χ3v) is 3.61. The molecule has 0 amide bonds. The third-order valence-electron chi connectivity index (χ3n) is 3.61. The highest BCUT2D eigenvalue weighted by molar-refractivity contribution is 5.71. The van der Waals surface area contributed by atoms with Gasteiger partial charge in [0.1, 0.15) is 6.54 Å². The fourth-order valence-electron chi connectivity index (χ4n) is 2.53. The normalized spacial score (nSPS) is 12.8. The van der Waals surface area contributed by atoms with Crippen molar-refractivity contribution >= 4 is 11.0 Å². The van der Waals surface area contributed by atoms with Crippen LogP contribution in [0.4, 0.5) is 0 Å². The van der Waals surface area contributed by atoms with E-state index in [0.29, 0.717) is 0 Å². The molecular formula is C17H19N2O+. The van der Waals surface area contributed by atoms with Gasteiger partial charge in [0.05, 0.1) is 0 Å². The number of aromatic nitrogens is 2. The largest absolute Gasteiger partial charge is 0.381 e. The van der Waals surface area contributed by atoms with Gasteiger partial charge in [-0.15, -0.1) is 0 Å². The first-order valence-corrected chi connectivity index (χ1v) is 6.89. The quantitative estimate of drug-likeness (QED) is 0.704. The number of aliphatic hydroxyl groups is 1. The molecule has 0 aliphatic carbocycles. The van der Waals surface area contributed by atoms with Crippen LogP contribution in [0, 0.1) is 6.92 Å². The summed E-state index contributed by atoms with van der Waals surface area (Å²) in [6, 6.07) is 16.6. The predicted molar refractivity (Wildman–Crippen MR) is 79.4 cm³/mol. The second kappa shape index (κ2) is 5.10. The summed E-state index contributed by atoms with van der Waals surface area (Å²) in [4.78, 5) is 3.31. The number of aromatic amines is 1. The maximum Gasteiger partial charge on any atom is 0.284 e. The molecule has 0 spiro atoms. The van der Waals surface area contributed by atoms with Gasteiger partial charge in [0.15, 0.2) is 17.1 Å². The van der Waals surface area contributed by atoms with Gasteiger partial charge in [0.2, 0.25) is 0 Å². The lowest BCUT2D eigenvalue weighted by molar-refractivity contribution is -0.673. The Balaban J connectivity index is 2.09. The van der Waals surface area contributed by atoms with Gasteiger partial charge in [0.25, 0.3) is 5.82 Å². The second-order valence-corrected chi connectivity index (χ2v) is 5.28. The summed E-state index contributed by atoms with van der Waals surface area (Å²) in [6.45, 7) is 4.63. The van der Waals surface area contributed by atoms with E-state index in [4.69, 9.17) is 0 Å². The van der Waals surface area contributed by atoms with Crippen LogP contribution in [0.2, 0.25) is 0 Å². The van der Waals surface area contributed by atoms with Crippen LogP contribution in [-0.2, 0) is 6.54 Å². The number of aliphatic hydroxyl groups excluding tert-OH is 1. The molecule has 1 atom stereocenters. The van der Waals surface area contributed by atoms with Gasteiger partial charge in [0, 0.05) is 0 Å². The van der Waals surface area contributed by atoms with Crippen molar-refractivity contribution in [3.05, 3.63) is 65.5 Å². The minimum atomic E-state index is -0.521. The molecule has 3 nitrogen and oxygen atoms in total. The molecule has 0 radical (unpaired) electrons. The summed E-state index contributed by atoms with van der Waals surface area (Å²) in [5, 5.41) is 9.98. The smallest absolute Gasteiger partial charge is 0.284 e. The first-order chi connectivity index (χ1) is 9.65. The van der Waals surface area contributed by atoms with Crippen LogP contribution in [0.5, 0.6) is 0 Å². The van der Waals surface area contributed by atoms with Crippen LogP contribution in [0.15, 0.2) is 48.5 Å². The number of fused-ring (bicyclic) bond motifs is 1. The minimum absolute atomic E-state index is 0.521. The molecule has 1 heterocycles. The lowest BCUT2D eigenvalue weighted by Gasteiger charge is -2.04. The number of H-pyrrole nitrogens is 1. The maximum atomic E-state index is 9.98. The zero-order chi connectivity index (χ0) is 14.1. The molecule has 0 aliphatic rings. The van der Waals surface area contributed by atoms with Gasteiger partial charge < -0.3 is 5.11 Å². The molecule has 102 valence electrons. The van der Waals surface area contributed by atoms with Gasteiger partial charge in [-0.1, -0.05) is 42.0 Å². The molecule has 1 aromatic heterocycles. The average Bonchev–Trinajstić information content (AvgIpc) is 2.81. The highest BCUT2D eigenvalue weighted by atomic mass is 16.3. The van der Waals surface area contributed by atoms with Gasteiger partial charge in [-0.3, -0.25) is 0 Å². The van der Waals surface area contributed by atoms with E-state index in [1.807, 2.05) is 18.2 Å². The van der Waals surface area contributed by atoms with Crippen molar-refractivity contribution in [2.75, 3.05) is 0 Å². The molecule has 3 aromatic rings. The van der Waals surface area contributed by atoms with Gasteiger partial charge in [-0.25, -0.2) is 9.55 Å². The van der Waals surface area contributed by atoms with Crippen molar-refractivity contribution in [1.29, 1.82) is 0 Å². The van der Waals surface area contributed by atoms with Crippen LogP contribution >= 0.6 is 0 Å². The molecule has 0 fully saturated rings. The number of nitrogens with zero attached hydrogens (tertiary/aromatic N) is 1. The molecule has 3 rings (SSSR count). The Morgan fingerprint density at radius 1 is 1.10 bits per heavy atom. The first kappa shape index (κ1) is 12.9. The third kappa shape index (κ3) is 2.32. The molecule has 0 saturated heterocycles. The van der Waals surface area contributed by atoms with Crippen molar-refractivity contribution in [2.24, 2.45) is 0 Å². The molecule has 0 saturated carbocycles. The summed E-state index contributed by atoms with van der Waals surface area (Å²) < 4.78 is 2.14. The Labute approximate surface area is 118 Å². The molecule has 1 unspecified atom stereocenters. The van der Waals surface area contributed by atoms with Crippen molar-refractivity contribution in [3.8, 4) is 0 Å². The summed E-state index contributed by atoms with van der Waals surface area (Å²) in [5.41, 5.74) is 4.65. The summed E-state index contributed by atoms with van der Waals surface area (Å²) in [7, 11) is 0. The number of nitrogens with one attached hydrogen (secondary N) is 1. The minimum Gasteiger partial charge on any atom is -0.381 e. The molecule has 2 N–H and O–H groups in total. The molecule has 2 aromatic carbocycles. The van der Waals surface area contributed by atoms with E-state index in [0.717, 1.165) is 23.4 Å². The zero-order valence-electron chi connectivity index (χ0n) is 11.8. The SMILES string of the molecule is Cc1ccc(C[n+]2c(C(C)O)[nH]c3ccccc32)cc1. The first-order valence-electron chi connectivity index (χ1n) is 6.89. The molecule has 0 bridgehead atoms. The Morgan fingerprint density at radius 3 is 2.50 bits per heavy atom.